The van der Waals surface area contributed by atoms with E-state index >= 15 is 0 Å². The SMILES string of the molecule is Nc1cc(CNCC2CCOC2)nc2ccccc12. The minimum atomic E-state index is 0.637. The number of nitrogens with one attached hydrogen (secondary N) is 1. The molecule has 0 amide bonds. The molecule has 3 N–H and O–H groups in total. The molecule has 3 rings (SSSR count). The average Bonchev–Trinajstić information content (AvgIpc) is 2.92. The highest BCUT2D eigenvalue weighted by atomic mass is 16.5. The molecule has 1 aliphatic heterocycles. The standard InChI is InChI=1S/C15H19N3O/c16-14-7-12(9-17-8-11-5-6-19-10-11)18-15-4-2-1-3-13(14)15/h1-4,7,11,17H,5-6,8-10H2,(H2,16,18). The zero-order valence-electron chi connectivity index (χ0n) is 10.9. The minimum Gasteiger partial charge on any atom is -0.398 e. The number of hydrogen-bond donors (Lipinski definition) is 2. The second-order valence-corrected chi connectivity index (χ2v) is 5.08. The van der Waals surface area contributed by atoms with Crippen LogP contribution in [0.25, 0.3) is 10.9 Å². The van der Waals surface area contributed by atoms with E-state index in [0.29, 0.717) is 5.92 Å². The van der Waals surface area contributed by atoms with E-state index in [0.717, 1.165) is 55.0 Å². The van der Waals surface area contributed by atoms with Crippen LogP contribution in [0.1, 0.15) is 12.1 Å². The van der Waals surface area contributed by atoms with Crippen LogP contribution in [-0.4, -0.2) is 24.7 Å². The molecule has 0 saturated carbocycles. The molecular weight excluding hydrogens is 238 g/mol. The Morgan fingerprint density at radius 1 is 1.37 bits per heavy atom. The van der Waals surface area contributed by atoms with Gasteiger partial charge in [0.05, 0.1) is 17.8 Å². The van der Waals surface area contributed by atoms with Crippen molar-refractivity contribution in [3.05, 3.63) is 36.0 Å². The molecule has 1 unspecified atom stereocenters. The van der Waals surface area contributed by atoms with Gasteiger partial charge in [0.2, 0.25) is 0 Å². The van der Waals surface area contributed by atoms with Crippen LogP contribution in [0, 0.1) is 5.92 Å². The van der Waals surface area contributed by atoms with Gasteiger partial charge in [0.1, 0.15) is 0 Å². The van der Waals surface area contributed by atoms with Gasteiger partial charge in [-0.05, 0) is 24.5 Å². The maximum atomic E-state index is 6.06. The number of anilines is 1. The minimum absolute atomic E-state index is 0.637. The quantitative estimate of drug-likeness (QED) is 0.879. The molecule has 0 radical (unpaired) electrons. The maximum absolute atomic E-state index is 6.06. The van der Waals surface area contributed by atoms with Crippen LogP contribution in [0.2, 0.25) is 0 Å². The molecule has 0 aliphatic carbocycles. The Morgan fingerprint density at radius 2 is 2.26 bits per heavy atom. The first-order valence-electron chi connectivity index (χ1n) is 6.75. The summed E-state index contributed by atoms with van der Waals surface area (Å²) in [5.74, 6) is 0.637. The van der Waals surface area contributed by atoms with Gasteiger partial charge in [-0.25, -0.2) is 0 Å². The summed E-state index contributed by atoms with van der Waals surface area (Å²) in [6.07, 6.45) is 1.15. The van der Waals surface area contributed by atoms with Gasteiger partial charge in [-0.3, -0.25) is 4.98 Å². The number of pyridine rings is 1. The smallest absolute Gasteiger partial charge is 0.0726 e. The molecule has 1 aromatic carbocycles. The van der Waals surface area contributed by atoms with Crippen LogP contribution < -0.4 is 11.1 Å². The average molecular weight is 257 g/mol. The number of nitrogen functional groups attached to an aromatic ring is 1. The van der Waals surface area contributed by atoms with Crippen molar-refractivity contribution < 1.29 is 4.74 Å². The van der Waals surface area contributed by atoms with Crippen LogP contribution in [-0.2, 0) is 11.3 Å². The Morgan fingerprint density at radius 3 is 3.11 bits per heavy atom. The number of benzene rings is 1. The molecule has 4 heteroatoms. The van der Waals surface area contributed by atoms with Gasteiger partial charge in [0, 0.05) is 30.8 Å². The van der Waals surface area contributed by atoms with Gasteiger partial charge >= 0.3 is 0 Å². The third kappa shape index (κ3) is 2.85. The molecule has 2 aromatic rings. The molecule has 100 valence electrons. The van der Waals surface area contributed by atoms with Crippen molar-refractivity contribution in [3.63, 3.8) is 0 Å². The molecule has 0 bridgehead atoms. The zero-order valence-corrected chi connectivity index (χ0v) is 10.9. The molecule has 0 spiro atoms. The van der Waals surface area contributed by atoms with E-state index in [1.807, 2.05) is 30.3 Å². The number of nitrogens with zero attached hydrogens (tertiary/aromatic N) is 1. The number of hydrogen-bond acceptors (Lipinski definition) is 4. The fraction of sp³-hybridized carbons (Fsp3) is 0.400. The summed E-state index contributed by atoms with van der Waals surface area (Å²) in [6.45, 7) is 3.51. The summed E-state index contributed by atoms with van der Waals surface area (Å²) in [5, 5.41) is 4.46. The first-order valence-corrected chi connectivity index (χ1v) is 6.75. The van der Waals surface area contributed by atoms with E-state index in [-0.39, 0.29) is 0 Å². The molecule has 1 aliphatic rings. The highest BCUT2D eigenvalue weighted by Gasteiger charge is 2.14. The van der Waals surface area contributed by atoms with Crippen molar-refractivity contribution in [1.82, 2.24) is 10.3 Å². The summed E-state index contributed by atoms with van der Waals surface area (Å²) < 4.78 is 5.36. The summed E-state index contributed by atoms with van der Waals surface area (Å²) in [7, 11) is 0. The predicted molar refractivity (Wildman–Crippen MR) is 76.8 cm³/mol. The Hall–Kier alpha value is -1.65. The Kier molecular flexibility index (Phi) is 3.62. The molecule has 1 fully saturated rings. The van der Waals surface area contributed by atoms with Crippen LogP contribution in [0.3, 0.4) is 0 Å². The highest BCUT2D eigenvalue weighted by Crippen LogP contribution is 2.20. The topological polar surface area (TPSA) is 60.2 Å². The first-order chi connectivity index (χ1) is 9.33. The van der Waals surface area contributed by atoms with Crippen molar-refractivity contribution in [1.29, 1.82) is 0 Å². The zero-order chi connectivity index (χ0) is 13.1. The Balaban J connectivity index is 1.67. The van der Waals surface area contributed by atoms with Crippen LogP contribution >= 0.6 is 0 Å². The molecule has 1 atom stereocenters. The van der Waals surface area contributed by atoms with E-state index in [1.165, 1.54) is 0 Å². The normalized spacial score (nSPS) is 19.1. The van der Waals surface area contributed by atoms with Crippen molar-refractivity contribution in [2.45, 2.75) is 13.0 Å². The van der Waals surface area contributed by atoms with Gasteiger partial charge in [-0.2, -0.15) is 0 Å². The molecule has 19 heavy (non-hydrogen) atoms. The van der Waals surface area contributed by atoms with E-state index in [1.54, 1.807) is 0 Å². The summed E-state index contributed by atoms with van der Waals surface area (Å²) >= 11 is 0. The predicted octanol–water partition coefficient (Wildman–Crippen LogP) is 1.94. The van der Waals surface area contributed by atoms with Gasteiger partial charge in [-0.1, -0.05) is 18.2 Å². The van der Waals surface area contributed by atoms with Crippen LogP contribution in [0.15, 0.2) is 30.3 Å². The largest absolute Gasteiger partial charge is 0.398 e. The molecule has 1 saturated heterocycles. The number of para-hydroxylation sites is 1. The van der Waals surface area contributed by atoms with Gasteiger partial charge in [0.15, 0.2) is 0 Å². The lowest BCUT2D eigenvalue weighted by Crippen LogP contribution is -2.23. The number of fused-ring (bicyclic) bond motifs is 1. The summed E-state index contributed by atoms with van der Waals surface area (Å²) in [6, 6.07) is 9.94. The lowest BCUT2D eigenvalue weighted by Gasteiger charge is -2.10. The number of ether oxygens (including phenoxy) is 1. The molecule has 2 heterocycles. The molecule has 4 nitrogen and oxygen atoms in total. The number of rotatable bonds is 4. The second-order valence-electron chi connectivity index (χ2n) is 5.08. The Labute approximate surface area is 113 Å². The van der Waals surface area contributed by atoms with E-state index in [9.17, 15) is 0 Å². The monoisotopic (exact) mass is 257 g/mol. The number of nitrogens with two attached hydrogens (primary N) is 1. The fourth-order valence-electron chi connectivity index (χ4n) is 2.50. The Bertz CT molecular complexity index is 564. The fourth-order valence-corrected chi connectivity index (χ4v) is 2.50. The van der Waals surface area contributed by atoms with Gasteiger partial charge in [0.25, 0.3) is 0 Å². The summed E-state index contributed by atoms with van der Waals surface area (Å²) in [5.41, 5.74) is 8.82. The van der Waals surface area contributed by atoms with Crippen molar-refractivity contribution in [2.75, 3.05) is 25.5 Å². The van der Waals surface area contributed by atoms with Crippen molar-refractivity contribution >= 4 is 16.6 Å². The van der Waals surface area contributed by atoms with Crippen LogP contribution in [0.5, 0.6) is 0 Å². The third-order valence-electron chi connectivity index (χ3n) is 3.56. The van der Waals surface area contributed by atoms with E-state index in [4.69, 9.17) is 10.5 Å². The third-order valence-corrected chi connectivity index (χ3v) is 3.56. The lowest BCUT2D eigenvalue weighted by atomic mass is 10.1. The lowest BCUT2D eigenvalue weighted by molar-refractivity contribution is 0.185. The van der Waals surface area contributed by atoms with Crippen molar-refractivity contribution in [3.8, 4) is 0 Å². The van der Waals surface area contributed by atoms with E-state index < -0.39 is 0 Å². The summed E-state index contributed by atoms with van der Waals surface area (Å²) in [4.78, 5) is 4.63. The maximum Gasteiger partial charge on any atom is 0.0726 e. The molecular formula is C15H19N3O. The van der Waals surface area contributed by atoms with E-state index in [2.05, 4.69) is 10.3 Å². The highest BCUT2D eigenvalue weighted by molar-refractivity contribution is 5.90. The van der Waals surface area contributed by atoms with Gasteiger partial charge in [-0.15, -0.1) is 0 Å². The second kappa shape index (κ2) is 5.55. The first kappa shape index (κ1) is 12.4. The number of aromatic nitrogens is 1. The van der Waals surface area contributed by atoms with Gasteiger partial charge < -0.3 is 15.8 Å². The van der Waals surface area contributed by atoms with Crippen molar-refractivity contribution in [2.24, 2.45) is 5.92 Å². The van der Waals surface area contributed by atoms with Crippen LogP contribution in [0.4, 0.5) is 5.69 Å². The molecule has 1 aromatic heterocycles.